The van der Waals surface area contributed by atoms with E-state index in [0.717, 1.165) is 22.7 Å². The molecular weight excluding hydrogens is 394 g/mol. The van der Waals surface area contributed by atoms with Crippen LogP contribution >= 0.6 is 11.8 Å². The fourth-order valence-electron chi connectivity index (χ4n) is 2.86. The molecule has 0 fully saturated rings. The van der Waals surface area contributed by atoms with Crippen molar-refractivity contribution in [3.05, 3.63) is 57.4 Å². The Hall–Kier alpha value is -2.88. The summed E-state index contributed by atoms with van der Waals surface area (Å²) in [6.07, 6.45) is 2.61. The van der Waals surface area contributed by atoms with Crippen LogP contribution in [-0.4, -0.2) is 36.8 Å². The minimum Gasteiger partial charge on any atom is -0.390 e. The zero-order chi connectivity index (χ0) is 21.0. The minimum absolute atomic E-state index is 0.00170. The first-order valence-electron chi connectivity index (χ1n) is 9.05. The van der Waals surface area contributed by atoms with Crippen LogP contribution in [0, 0.1) is 17.0 Å². The third-order valence-corrected chi connectivity index (χ3v) is 5.22. The van der Waals surface area contributed by atoms with Crippen LogP contribution in [-0.2, 0) is 23.3 Å². The summed E-state index contributed by atoms with van der Waals surface area (Å²) in [5.41, 5.74) is 2.55. The number of para-hydroxylation sites is 1. The Morgan fingerprint density at radius 1 is 1.45 bits per heavy atom. The summed E-state index contributed by atoms with van der Waals surface area (Å²) in [7, 11) is 1.84. The van der Waals surface area contributed by atoms with E-state index < -0.39 is 4.92 Å². The zero-order valence-corrected chi connectivity index (χ0v) is 17.6. The summed E-state index contributed by atoms with van der Waals surface area (Å²) in [6.45, 7) is 5.87. The van der Waals surface area contributed by atoms with Crippen LogP contribution in [0.3, 0.4) is 0 Å². The number of aryl methyl sites for hydroxylation is 2. The largest absolute Gasteiger partial charge is 0.390 e. The number of hydrogen-bond donors (Lipinski definition) is 0. The minimum atomic E-state index is -0.426. The maximum Gasteiger partial charge on any atom is 0.276 e. The molecule has 29 heavy (non-hydrogen) atoms. The molecule has 0 amide bonds. The molecule has 0 bridgehead atoms. The highest BCUT2D eigenvalue weighted by atomic mass is 32.2. The van der Waals surface area contributed by atoms with Crippen LogP contribution in [0.2, 0.25) is 0 Å². The lowest BCUT2D eigenvalue weighted by atomic mass is 10.1. The average Bonchev–Trinajstić information content (AvgIpc) is 3.18. The molecule has 9 nitrogen and oxygen atoms in total. The van der Waals surface area contributed by atoms with E-state index in [0.29, 0.717) is 17.0 Å². The Labute approximate surface area is 172 Å². The summed E-state index contributed by atoms with van der Waals surface area (Å²) in [5.74, 6) is 0.516. The van der Waals surface area contributed by atoms with Gasteiger partial charge in [-0.1, -0.05) is 22.4 Å². The lowest BCUT2D eigenvalue weighted by molar-refractivity contribution is -0.386. The molecule has 0 atom stereocenters. The van der Waals surface area contributed by atoms with Crippen LogP contribution in [0.5, 0.6) is 0 Å². The van der Waals surface area contributed by atoms with Crippen molar-refractivity contribution in [2.24, 2.45) is 17.4 Å². The van der Waals surface area contributed by atoms with Gasteiger partial charge >= 0.3 is 0 Å². The van der Waals surface area contributed by atoms with Crippen molar-refractivity contribution in [2.45, 2.75) is 39.4 Å². The van der Waals surface area contributed by atoms with Gasteiger partial charge in [-0.25, -0.2) is 0 Å². The van der Waals surface area contributed by atoms with Crippen molar-refractivity contribution in [3.8, 4) is 0 Å². The summed E-state index contributed by atoms with van der Waals surface area (Å²) < 4.78 is 1.71. The normalized spacial score (nSPS) is 15.7. The van der Waals surface area contributed by atoms with E-state index in [1.54, 1.807) is 22.9 Å². The van der Waals surface area contributed by atoms with Gasteiger partial charge in [0.05, 0.1) is 16.2 Å². The van der Waals surface area contributed by atoms with Gasteiger partial charge in [-0.2, -0.15) is 5.10 Å². The van der Waals surface area contributed by atoms with Gasteiger partial charge in [-0.3, -0.25) is 14.8 Å². The summed E-state index contributed by atoms with van der Waals surface area (Å²) in [6, 6.07) is 6.46. The topological polar surface area (TPSA) is 104 Å². The summed E-state index contributed by atoms with van der Waals surface area (Å²) in [5, 5.41) is 24.8. The Bertz CT molecular complexity index is 967. The molecule has 0 saturated carbocycles. The molecule has 1 aromatic heterocycles. The number of thioether (sulfide) groups is 1. The molecule has 2 aromatic rings. The predicted octanol–water partition coefficient (Wildman–Crippen LogP) is 3.80. The van der Waals surface area contributed by atoms with Crippen molar-refractivity contribution in [1.82, 2.24) is 9.78 Å². The fourth-order valence-corrected chi connectivity index (χ4v) is 3.91. The van der Waals surface area contributed by atoms with Gasteiger partial charge in [0.15, 0.2) is 0 Å². The van der Waals surface area contributed by atoms with E-state index >= 15 is 0 Å². The number of rotatable bonds is 7. The molecule has 0 unspecified atom stereocenters. The lowest BCUT2D eigenvalue weighted by Gasteiger charge is -2.13. The second-order valence-corrected chi connectivity index (χ2v) is 8.35. The van der Waals surface area contributed by atoms with Crippen molar-refractivity contribution in [1.29, 1.82) is 0 Å². The van der Waals surface area contributed by atoms with Gasteiger partial charge < -0.3 is 9.68 Å². The molecule has 3 rings (SSSR count). The van der Waals surface area contributed by atoms with E-state index in [1.165, 1.54) is 17.8 Å². The number of benzene rings is 1. The maximum absolute atomic E-state index is 11.2. The van der Waals surface area contributed by atoms with Crippen molar-refractivity contribution < 1.29 is 14.6 Å². The van der Waals surface area contributed by atoms with Gasteiger partial charge in [0.2, 0.25) is 0 Å². The Kier molecular flexibility index (Phi) is 6.21. The highest BCUT2D eigenvalue weighted by Gasteiger charge is 2.29. The number of nitrogens with zero attached hydrogens (tertiary/aromatic N) is 5. The fraction of sp³-hybridized carbons (Fsp3) is 0.421. The van der Waals surface area contributed by atoms with Crippen LogP contribution < -0.4 is 0 Å². The van der Waals surface area contributed by atoms with E-state index in [1.807, 2.05) is 34.0 Å². The molecule has 1 aliphatic rings. The lowest BCUT2D eigenvalue weighted by Crippen LogP contribution is -2.18. The quantitative estimate of drug-likeness (QED) is 0.385. The summed E-state index contributed by atoms with van der Waals surface area (Å²) >= 11 is 1.53. The highest BCUT2D eigenvalue weighted by molar-refractivity contribution is 8.14. The molecule has 1 aliphatic heterocycles. The molecule has 0 saturated heterocycles. The Morgan fingerprint density at radius 2 is 2.21 bits per heavy atom. The molecule has 10 heteroatoms. The smallest absolute Gasteiger partial charge is 0.276 e. The third kappa shape index (κ3) is 5.35. The second kappa shape index (κ2) is 8.64. The van der Waals surface area contributed by atoms with Crippen LogP contribution in [0.4, 0.5) is 5.69 Å². The predicted molar refractivity (Wildman–Crippen MR) is 112 cm³/mol. The van der Waals surface area contributed by atoms with E-state index in [4.69, 9.17) is 9.68 Å². The van der Waals surface area contributed by atoms with Crippen molar-refractivity contribution >= 4 is 28.2 Å². The van der Waals surface area contributed by atoms with Gasteiger partial charge in [-0.15, -0.1) is 11.8 Å². The zero-order valence-electron chi connectivity index (χ0n) is 16.8. The molecular formula is C19H23N5O4S. The molecule has 0 radical (unpaired) electrons. The SMILES string of the molecule is Cc1nn(C)cc1C(CSC1=NOC(C)(C)C1)=NOCc1ccccc1[N+](=O)[O-]. The monoisotopic (exact) mass is 417 g/mol. The average molecular weight is 417 g/mol. The Balaban J connectivity index is 1.75. The van der Waals surface area contributed by atoms with Gasteiger partial charge in [0.25, 0.3) is 5.69 Å². The molecule has 1 aromatic carbocycles. The standard InChI is InChI=1S/C19H23N5O4S/c1-13-15(10-23(4)20-13)16(12-29-18-9-19(2,3)28-22-18)21-27-11-14-7-5-6-8-17(14)24(25)26/h5-8,10H,9,11-12H2,1-4H3. The number of aromatic nitrogens is 2. The summed E-state index contributed by atoms with van der Waals surface area (Å²) in [4.78, 5) is 21.7. The maximum atomic E-state index is 11.2. The van der Waals surface area contributed by atoms with Gasteiger partial charge in [-0.05, 0) is 26.8 Å². The Morgan fingerprint density at radius 3 is 2.83 bits per heavy atom. The van der Waals surface area contributed by atoms with Crippen LogP contribution in [0.15, 0.2) is 40.8 Å². The van der Waals surface area contributed by atoms with Crippen LogP contribution in [0.25, 0.3) is 0 Å². The number of hydrogen-bond acceptors (Lipinski definition) is 8. The van der Waals surface area contributed by atoms with Crippen LogP contribution in [0.1, 0.15) is 37.1 Å². The number of nitro benzene ring substituents is 1. The van der Waals surface area contributed by atoms with Gasteiger partial charge in [0.1, 0.15) is 23.0 Å². The van der Waals surface area contributed by atoms with Gasteiger partial charge in [0, 0.05) is 37.0 Å². The molecule has 154 valence electrons. The van der Waals surface area contributed by atoms with E-state index in [9.17, 15) is 10.1 Å². The van der Waals surface area contributed by atoms with E-state index in [-0.39, 0.29) is 17.9 Å². The first-order valence-corrected chi connectivity index (χ1v) is 10.0. The van der Waals surface area contributed by atoms with Crippen molar-refractivity contribution in [3.63, 3.8) is 0 Å². The molecule has 0 spiro atoms. The highest BCUT2D eigenvalue weighted by Crippen LogP contribution is 2.28. The molecule has 0 N–H and O–H groups in total. The molecule has 2 heterocycles. The number of oxime groups is 2. The second-order valence-electron chi connectivity index (χ2n) is 7.30. The molecule has 0 aliphatic carbocycles. The van der Waals surface area contributed by atoms with E-state index in [2.05, 4.69) is 15.4 Å². The number of nitro groups is 1. The first-order chi connectivity index (χ1) is 13.7. The first kappa shape index (κ1) is 20.8. The third-order valence-electron chi connectivity index (χ3n) is 4.25. The van der Waals surface area contributed by atoms with Crippen molar-refractivity contribution in [2.75, 3.05) is 5.75 Å².